The first-order chi connectivity index (χ1) is 20.1. The topological polar surface area (TPSA) is 102 Å². The summed E-state index contributed by atoms with van der Waals surface area (Å²) < 4.78 is 114. The Labute approximate surface area is 238 Å². The Balaban J connectivity index is 0.000000199. The van der Waals surface area contributed by atoms with Gasteiger partial charge in [-0.2, -0.15) is 26.3 Å². The number of nitrogens with zero attached hydrogens (tertiary/aromatic N) is 4. The highest BCUT2D eigenvalue weighted by Gasteiger charge is 2.43. The lowest BCUT2D eigenvalue weighted by Gasteiger charge is -2.37. The first kappa shape index (κ1) is 32.2. The second-order valence-corrected chi connectivity index (χ2v) is 9.77. The fourth-order valence-corrected chi connectivity index (χ4v) is 4.75. The summed E-state index contributed by atoms with van der Waals surface area (Å²) in [5.74, 6) is -5.71. The summed E-state index contributed by atoms with van der Waals surface area (Å²) in [5.41, 5.74) is -4.70. The molecule has 2 aromatic rings. The number of ether oxygens (including phenoxy) is 2. The molecule has 0 saturated carbocycles. The summed E-state index contributed by atoms with van der Waals surface area (Å²) in [4.78, 5) is 43.7. The summed E-state index contributed by atoms with van der Waals surface area (Å²) in [6, 6.07) is 1.86. The normalized spacial score (nSPS) is 18.8. The SMILES string of the molecule is O=C(c1ccnc(C(F)(F)F)c1F)N1CCC2(CC1)OCCO2.O=C1CCN(C(=O)c2ccnc(C(F)(F)F)c2F)CC1. The Kier molecular flexibility index (Phi) is 9.34. The van der Waals surface area contributed by atoms with Gasteiger partial charge in [0.2, 0.25) is 0 Å². The number of pyridine rings is 2. The van der Waals surface area contributed by atoms with Gasteiger partial charge in [0.05, 0.1) is 24.3 Å². The molecule has 0 aromatic carbocycles. The molecular weight excluding hydrogens is 600 g/mol. The summed E-state index contributed by atoms with van der Waals surface area (Å²) in [5, 5.41) is 0. The molecule has 3 aliphatic rings. The van der Waals surface area contributed by atoms with Gasteiger partial charge in [-0.05, 0) is 12.1 Å². The predicted octanol–water partition coefficient (Wildman–Crippen LogP) is 4.26. The number of Topliss-reactive ketones (excluding diaryl/α,β-unsaturated/α-hetero) is 1. The van der Waals surface area contributed by atoms with E-state index in [0.29, 0.717) is 26.1 Å². The van der Waals surface area contributed by atoms with Crippen LogP contribution in [0.2, 0.25) is 0 Å². The average molecular weight is 624 g/mol. The number of likely N-dealkylation sites (tertiary alicyclic amines) is 2. The number of amides is 2. The van der Waals surface area contributed by atoms with Crippen molar-refractivity contribution in [2.24, 2.45) is 0 Å². The van der Waals surface area contributed by atoms with Crippen LogP contribution >= 0.6 is 0 Å². The van der Waals surface area contributed by atoms with E-state index in [0.717, 1.165) is 24.5 Å². The summed E-state index contributed by atoms with van der Waals surface area (Å²) in [6.45, 7) is 1.56. The van der Waals surface area contributed by atoms with Crippen molar-refractivity contribution in [3.63, 3.8) is 0 Å². The van der Waals surface area contributed by atoms with Crippen LogP contribution in [0, 0.1) is 11.6 Å². The van der Waals surface area contributed by atoms with Crippen LogP contribution in [-0.2, 0) is 26.6 Å². The Morgan fingerprint density at radius 3 is 1.51 bits per heavy atom. The third-order valence-corrected chi connectivity index (χ3v) is 7.01. The van der Waals surface area contributed by atoms with Crippen molar-refractivity contribution in [1.82, 2.24) is 19.8 Å². The molecule has 5 rings (SSSR count). The Hall–Kier alpha value is -3.73. The number of hydrogen-bond acceptors (Lipinski definition) is 7. The van der Waals surface area contributed by atoms with Crippen molar-refractivity contribution in [1.29, 1.82) is 0 Å². The predicted molar refractivity (Wildman–Crippen MR) is 128 cm³/mol. The lowest BCUT2D eigenvalue weighted by molar-refractivity contribution is -0.181. The summed E-state index contributed by atoms with van der Waals surface area (Å²) in [6.07, 6.45) is -7.32. The maximum atomic E-state index is 14.0. The number of aromatic nitrogens is 2. The summed E-state index contributed by atoms with van der Waals surface area (Å²) in [7, 11) is 0. The number of hydrogen-bond donors (Lipinski definition) is 0. The van der Waals surface area contributed by atoms with Crippen LogP contribution in [-0.4, -0.2) is 82.5 Å². The second-order valence-electron chi connectivity index (χ2n) is 9.77. The van der Waals surface area contributed by atoms with Crippen LogP contribution in [0.5, 0.6) is 0 Å². The van der Waals surface area contributed by atoms with Crippen LogP contribution in [0.15, 0.2) is 24.5 Å². The number of carbonyl (C=O) groups excluding carboxylic acids is 3. The molecule has 3 fully saturated rings. The van der Waals surface area contributed by atoms with Crippen molar-refractivity contribution in [3.8, 4) is 0 Å². The molecule has 0 unspecified atom stereocenters. The molecule has 0 radical (unpaired) electrons. The zero-order valence-electron chi connectivity index (χ0n) is 22.2. The first-order valence-electron chi connectivity index (χ1n) is 12.9. The number of carbonyl (C=O) groups is 3. The molecular formula is C26H24F8N4O5. The van der Waals surface area contributed by atoms with E-state index in [1.54, 1.807) is 0 Å². The number of halogens is 8. The van der Waals surface area contributed by atoms with Crippen LogP contribution in [0.25, 0.3) is 0 Å². The summed E-state index contributed by atoms with van der Waals surface area (Å²) >= 11 is 0. The van der Waals surface area contributed by atoms with Crippen molar-refractivity contribution in [2.75, 3.05) is 39.4 Å². The molecule has 2 aromatic heterocycles. The molecule has 0 N–H and O–H groups in total. The van der Waals surface area contributed by atoms with Gasteiger partial charge >= 0.3 is 12.4 Å². The highest BCUT2D eigenvalue weighted by molar-refractivity contribution is 5.96. The average Bonchev–Trinajstić information content (AvgIpc) is 3.40. The molecule has 9 nitrogen and oxygen atoms in total. The van der Waals surface area contributed by atoms with Crippen LogP contribution in [0.1, 0.15) is 57.8 Å². The smallest absolute Gasteiger partial charge is 0.347 e. The molecule has 0 bridgehead atoms. The molecule has 234 valence electrons. The maximum Gasteiger partial charge on any atom is 0.436 e. The van der Waals surface area contributed by atoms with Gasteiger partial charge in [-0.15, -0.1) is 0 Å². The number of ketones is 1. The highest BCUT2D eigenvalue weighted by atomic mass is 19.4. The molecule has 0 atom stereocenters. The molecule has 5 heterocycles. The molecule has 2 amide bonds. The van der Waals surface area contributed by atoms with Gasteiger partial charge in [0.1, 0.15) is 5.78 Å². The zero-order valence-corrected chi connectivity index (χ0v) is 22.2. The Bertz CT molecular complexity index is 1360. The quantitative estimate of drug-likeness (QED) is 0.461. The van der Waals surface area contributed by atoms with Gasteiger partial charge in [0.15, 0.2) is 28.8 Å². The number of rotatable bonds is 2. The van der Waals surface area contributed by atoms with Crippen molar-refractivity contribution in [2.45, 2.75) is 43.8 Å². The molecule has 0 aliphatic carbocycles. The van der Waals surface area contributed by atoms with E-state index >= 15 is 0 Å². The molecule has 17 heteroatoms. The standard InChI is InChI=1S/C14H14F4N2O3.C12H10F4N2O2/c15-10-9(1-4-19-11(10)14(16,17)18)12(21)20-5-2-13(3-6-20)22-7-8-23-13;13-9-8(1-4-17-10(9)12(14,15)16)11(20)18-5-2-7(19)3-6-18/h1,4H,2-3,5-8H2;1,4H,2-3,5-6H2. The zero-order chi connectivity index (χ0) is 31.6. The van der Waals surface area contributed by atoms with E-state index in [2.05, 4.69) is 9.97 Å². The van der Waals surface area contributed by atoms with Crippen LogP contribution in [0.3, 0.4) is 0 Å². The van der Waals surface area contributed by atoms with Crippen molar-refractivity contribution < 1.29 is 59.0 Å². The third-order valence-electron chi connectivity index (χ3n) is 7.01. The van der Waals surface area contributed by atoms with E-state index in [-0.39, 0.29) is 44.8 Å². The lowest BCUT2D eigenvalue weighted by Crippen LogP contribution is -2.47. The second kappa shape index (κ2) is 12.5. The van der Waals surface area contributed by atoms with Crippen LogP contribution < -0.4 is 0 Å². The lowest BCUT2D eigenvalue weighted by atomic mass is 10.0. The fraction of sp³-hybridized carbons (Fsp3) is 0.500. The van der Waals surface area contributed by atoms with E-state index in [1.165, 1.54) is 9.80 Å². The number of alkyl halides is 6. The minimum atomic E-state index is -4.96. The largest absolute Gasteiger partial charge is 0.436 e. The first-order valence-corrected chi connectivity index (χ1v) is 12.9. The van der Waals surface area contributed by atoms with E-state index in [4.69, 9.17) is 9.47 Å². The van der Waals surface area contributed by atoms with Gasteiger partial charge in [-0.1, -0.05) is 0 Å². The van der Waals surface area contributed by atoms with E-state index in [9.17, 15) is 49.5 Å². The van der Waals surface area contributed by atoms with Crippen molar-refractivity contribution >= 4 is 17.6 Å². The van der Waals surface area contributed by atoms with Crippen molar-refractivity contribution in [3.05, 3.63) is 58.7 Å². The third kappa shape index (κ3) is 7.26. The van der Waals surface area contributed by atoms with Crippen LogP contribution in [0.4, 0.5) is 35.1 Å². The minimum Gasteiger partial charge on any atom is -0.347 e. The van der Waals surface area contributed by atoms with Gasteiger partial charge in [-0.3, -0.25) is 14.4 Å². The van der Waals surface area contributed by atoms with Gasteiger partial charge in [-0.25, -0.2) is 18.7 Å². The number of piperidine rings is 2. The van der Waals surface area contributed by atoms with E-state index < -0.39 is 64.1 Å². The molecule has 3 aliphatic heterocycles. The van der Waals surface area contributed by atoms with E-state index in [1.807, 2.05) is 0 Å². The highest BCUT2D eigenvalue weighted by Crippen LogP contribution is 2.34. The maximum absolute atomic E-state index is 14.0. The minimum absolute atomic E-state index is 0.0276. The van der Waals surface area contributed by atoms with Gasteiger partial charge < -0.3 is 19.3 Å². The monoisotopic (exact) mass is 624 g/mol. The van der Waals surface area contributed by atoms with Gasteiger partial charge in [0, 0.05) is 64.3 Å². The molecule has 3 saturated heterocycles. The van der Waals surface area contributed by atoms with Gasteiger partial charge in [0.25, 0.3) is 11.8 Å². The Morgan fingerprint density at radius 2 is 1.12 bits per heavy atom. The molecule has 43 heavy (non-hydrogen) atoms. The molecule has 1 spiro atoms. The fourth-order valence-electron chi connectivity index (χ4n) is 4.75. The Morgan fingerprint density at radius 1 is 0.721 bits per heavy atom.